The van der Waals surface area contributed by atoms with Gasteiger partial charge in [-0.1, -0.05) is 6.07 Å². The molecule has 18 heavy (non-hydrogen) atoms. The van der Waals surface area contributed by atoms with Crippen molar-refractivity contribution in [2.24, 2.45) is 0 Å². The molecule has 0 saturated heterocycles. The molecule has 0 spiro atoms. The summed E-state index contributed by atoms with van der Waals surface area (Å²) in [4.78, 5) is 4.44. The van der Waals surface area contributed by atoms with Crippen molar-refractivity contribution < 1.29 is 4.42 Å². The topological polar surface area (TPSA) is 55.4 Å². The second-order valence-corrected chi connectivity index (χ2v) is 4.15. The van der Waals surface area contributed by atoms with Gasteiger partial charge in [0.2, 0.25) is 5.95 Å². The molecule has 5 nitrogen and oxygen atoms in total. The van der Waals surface area contributed by atoms with Crippen molar-refractivity contribution in [1.82, 2.24) is 14.6 Å². The second-order valence-electron chi connectivity index (χ2n) is 4.15. The molecule has 0 bridgehead atoms. The highest BCUT2D eigenvalue weighted by atomic mass is 16.3. The van der Waals surface area contributed by atoms with Gasteiger partial charge >= 0.3 is 0 Å². The molecule has 0 amide bonds. The number of hydrogen-bond donors (Lipinski definition) is 1. The van der Waals surface area contributed by atoms with Gasteiger partial charge in [-0.25, -0.2) is 4.52 Å². The zero-order chi connectivity index (χ0) is 12.4. The first-order valence-corrected chi connectivity index (χ1v) is 5.91. The zero-order valence-corrected chi connectivity index (χ0v) is 10.1. The summed E-state index contributed by atoms with van der Waals surface area (Å²) in [5.41, 5.74) is 2.00. The van der Waals surface area contributed by atoms with Crippen molar-refractivity contribution in [3.05, 3.63) is 48.0 Å². The maximum absolute atomic E-state index is 5.26. The fourth-order valence-electron chi connectivity index (χ4n) is 1.87. The molecule has 3 rings (SSSR count). The highest BCUT2D eigenvalue weighted by Crippen LogP contribution is 2.10. The zero-order valence-electron chi connectivity index (χ0n) is 10.1. The number of hydrogen-bond acceptors (Lipinski definition) is 4. The van der Waals surface area contributed by atoms with Crippen LogP contribution in [-0.4, -0.2) is 21.1 Å². The van der Waals surface area contributed by atoms with Crippen LogP contribution in [0.2, 0.25) is 0 Å². The summed E-state index contributed by atoms with van der Waals surface area (Å²) in [6.45, 7) is 2.78. The molecule has 0 unspecified atom stereocenters. The van der Waals surface area contributed by atoms with E-state index >= 15 is 0 Å². The number of pyridine rings is 1. The Morgan fingerprint density at radius 2 is 2.28 bits per heavy atom. The van der Waals surface area contributed by atoms with Gasteiger partial charge in [0, 0.05) is 19.2 Å². The number of nitrogens with one attached hydrogen (secondary N) is 1. The molecule has 0 aromatic carbocycles. The Balaban J connectivity index is 1.69. The van der Waals surface area contributed by atoms with Gasteiger partial charge < -0.3 is 9.73 Å². The lowest BCUT2D eigenvalue weighted by molar-refractivity contribution is 0.512. The molecule has 0 aliphatic heterocycles. The van der Waals surface area contributed by atoms with Crippen molar-refractivity contribution in [1.29, 1.82) is 0 Å². The van der Waals surface area contributed by atoms with Crippen LogP contribution >= 0.6 is 0 Å². The minimum absolute atomic E-state index is 0.649. The quantitative estimate of drug-likeness (QED) is 0.762. The molecule has 0 atom stereocenters. The standard InChI is InChI=1S/C13H14N4O/c1-10-4-2-8-17-12(10)15-13(16-17)14-7-6-11-5-3-9-18-11/h2-5,8-9H,6-7H2,1H3,(H,14,16). The van der Waals surface area contributed by atoms with Gasteiger partial charge in [-0.05, 0) is 30.7 Å². The number of rotatable bonds is 4. The summed E-state index contributed by atoms with van der Waals surface area (Å²) < 4.78 is 7.05. The fourth-order valence-corrected chi connectivity index (χ4v) is 1.87. The van der Waals surface area contributed by atoms with Gasteiger partial charge in [0.1, 0.15) is 5.76 Å². The highest BCUT2D eigenvalue weighted by molar-refractivity contribution is 5.49. The predicted octanol–water partition coefficient (Wildman–Crippen LogP) is 2.29. The maximum Gasteiger partial charge on any atom is 0.243 e. The Morgan fingerprint density at radius 1 is 1.33 bits per heavy atom. The van der Waals surface area contributed by atoms with Gasteiger partial charge in [0.15, 0.2) is 5.65 Å². The average Bonchev–Trinajstić information content (AvgIpc) is 2.98. The summed E-state index contributed by atoms with van der Waals surface area (Å²) in [6, 6.07) is 7.84. The molecular weight excluding hydrogens is 228 g/mol. The van der Waals surface area contributed by atoms with Gasteiger partial charge in [-0.2, -0.15) is 4.98 Å². The molecule has 0 radical (unpaired) electrons. The Labute approximate surface area is 104 Å². The number of nitrogens with zero attached hydrogens (tertiary/aromatic N) is 3. The van der Waals surface area contributed by atoms with Crippen LogP contribution in [0.1, 0.15) is 11.3 Å². The molecular formula is C13H14N4O. The van der Waals surface area contributed by atoms with Crippen LogP contribution in [0.5, 0.6) is 0 Å². The Bertz CT molecular complexity index is 642. The summed E-state index contributed by atoms with van der Waals surface area (Å²) in [7, 11) is 0. The van der Waals surface area contributed by atoms with Gasteiger partial charge in [-0.15, -0.1) is 5.10 Å². The lowest BCUT2D eigenvalue weighted by atomic mass is 10.3. The van der Waals surface area contributed by atoms with E-state index in [1.54, 1.807) is 10.8 Å². The van der Waals surface area contributed by atoms with E-state index in [-0.39, 0.29) is 0 Å². The number of anilines is 1. The Morgan fingerprint density at radius 3 is 3.06 bits per heavy atom. The minimum Gasteiger partial charge on any atom is -0.469 e. The van der Waals surface area contributed by atoms with E-state index in [0.717, 1.165) is 29.9 Å². The van der Waals surface area contributed by atoms with E-state index in [4.69, 9.17) is 4.42 Å². The lowest BCUT2D eigenvalue weighted by Crippen LogP contribution is -2.05. The molecule has 5 heteroatoms. The third kappa shape index (κ3) is 2.07. The van der Waals surface area contributed by atoms with Gasteiger partial charge in [0.25, 0.3) is 0 Å². The van der Waals surface area contributed by atoms with E-state index in [1.165, 1.54) is 0 Å². The molecule has 0 saturated carbocycles. The van der Waals surface area contributed by atoms with Crippen molar-refractivity contribution in [3.63, 3.8) is 0 Å². The summed E-state index contributed by atoms with van der Waals surface area (Å²) in [5.74, 6) is 1.61. The molecule has 1 N–H and O–H groups in total. The molecule has 0 aliphatic rings. The smallest absolute Gasteiger partial charge is 0.243 e. The first-order chi connectivity index (χ1) is 8.83. The molecule has 0 fully saturated rings. The first kappa shape index (κ1) is 10.8. The fraction of sp³-hybridized carbons (Fsp3) is 0.231. The summed E-state index contributed by atoms with van der Waals surface area (Å²) >= 11 is 0. The molecule has 3 heterocycles. The first-order valence-electron chi connectivity index (χ1n) is 5.91. The number of aryl methyl sites for hydroxylation is 1. The number of aromatic nitrogens is 3. The SMILES string of the molecule is Cc1cccn2nc(NCCc3ccco3)nc12. The van der Waals surface area contributed by atoms with Crippen LogP contribution in [0.4, 0.5) is 5.95 Å². The molecule has 3 aromatic heterocycles. The monoisotopic (exact) mass is 242 g/mol. The van der Waals surface area contributed by atoms with Crippen molar-refractivity contribution in [2.45, 2.75) is 13.3 Å². The third-order valence-corrected chi connectivity index (χ3v) is 2.79. The lowest BCUT2D eigenvalue weighted by Gasteiger charge is -1.98. The largest absolute Gasteiger partial charge is 0.469 e. The van der Waals surface area contributed by atoms with E-state index in [1.807, 2.05) is 37.4 Å². The number of furan rings is 1. The molecule has 3 aromatic rings. The Kier molecular flexibility index (Phi) is 2.72. The van der Waals surface area contributed by atoms with Crippen LogP contribution < -0.4 is 5.32 Å². The molecule has 92 valence electrons. The normalized spacial score (nSPS) is 10.9. The third-order valence-electron chi connectivity index (χ3n) is 2.79. The molecule has 0 aliphatic carbocycles. The van der Waals surface area contributed by atoms with Crippen LogP contribution in [0, 0.1) is 6.92 Å². The van der Waals surface area contributed by atoms with E-state index in [9.17, 15) is 0 Å². The van der Waals surface area contributed by atoms with Gasteiger partial charge in [0.05, 0.1) is 6.26 Å². The predicted molar refractivity (Wildman–Crippen MR) is 68.6 cm³/mol. The van der Waals surface area contributed by atoms with Gasteiger partial charge in [-0.3, -0.25) is 0 Å². The maximum atomic E-state index is 5.26. The van der Waals surface area contributed by atoms with Crippen LogP contribution in [0.25, 0.3) is 5.65 Å². The van der Waals surface area contributed by atoms with E-state index in [2.05, 4.69) is 15.4 Å². The second kappa shape index (κ2) is 4.52. The highest BCUT2D eigenvalue weighted by Gasteiger charge is 2.04. The summed E-state index contributed by atoms with van der Waals surface area (Å²) in [6.07, 6.45) is 4.40. The van der Waals surface area contributed by atoms with Crippen LogP contribution in [0.15, 0.2) is 41.1 Å². The van der Waals surface area contributed by atoms with Crippen molar-refractivity contribution in [2.75, 3.05) is 11.9 Å². The Hall–Kier alpha value is -2.30. The van der Waals surface area contributed by atoms with E-state index in [0.29, 0.717) is 5.95 Å². The van der Waals surface area contributed by atoms with Crippen molar-refractivity contribution in [3.8, 4) is 0 Å². The van der Waals surface area contributed by atoms with Crippen LogP contribution in [-0.2, 0) is 6.42 Å². The number of fused-ring (bicyclic) bond motifs is 1. The summed E-state index contributed by atoms with van der Waals surface area (Å²) in [5, 5.41) is 7.55. The average molecular weight is 242 g/mol. The minimum atomic E-state index is 0.649. The van der Waals surface area contributed by atoms with Crippen LogP contribution in [0.3, 0.4) is 0 Å². The van der Waals surface area contributed by atoms with E-state index < -0.39 is 0 Å². The van der Waals surface area contributed by atoms with Crippen molar-refractivity contribution >= 4 is 11.6 Å².